The fourth-order valence-electron chi connectivity index (χ4n) is 4.71. The minimum atomic E-state index is -0.353. The Morgan fingerprint density at radius 2 is 2.00 bits per heavy atom. The molecule has 3 heterocycles. The van der Waals surface area contributed by atoms with E-state index in [1.165, 1.54) is 18.5 Å². The summed E-state index contributed by atoms with van der Waals surface area (Å²) >= 11 is 6.47. The molecule has 41 heavy (non-hydrogen) atoms. The fourth-order valence-corrected chi connectivity index (χ4v) is 4.98. The van der Waals surface area contributed by atoms with Gasteiger partial charge in [0.25, 0.3) is 0 Å². The van der Waals surface area contributed by atoms with Gasteiger partial charge in [0.05, 0.1) is 10.5 Å². The molecule has 4 aromatic rings. The molecule has 2 aromatic carbocycles. The average molecular weight is 570 g/mol. The smallest absolute Gasteiger partial charge is 0.242 e. The molecule has 1 fully saturated rings. The van der Waals surface area contributed by atoms with Crippen molar-refractivity contribution in [2.75, 3.05) is 18.4 Å². The van der Waals surface area contributed by atoms with Crippen LogP contribution in [0.5, 0.6) is 0 Å². The first kappa shape index (κ1) is 27.9. The van der Waals surface area contributed by atoms with Gasteiger partial charge < -0.3 is 19.5 Å². The maximum Gasteiger partial charge on any atom is 0.242 e. The summed E-state index contributed by atoms with van der Waals surface area (Å²) < 4.78 is 21.0. The van der Waals surface area contributed by atoms with Crippen LogP contribution in [-0.2, 0) is 22.7 Å². The van der Waals surface area contributed by atoms with Gasteiger partial charge in [-0.05, 0) is 78.8 Å². The summed E-state index contributed by atoms with van der Waals surface area (Å²) in [6.45, 7) is 3.93. The van der Waals surface area contributed by atoms with Crippen molar-refractivity contribution >= 4 is 34.2 Å². The third-order valence-corrected chi connectivity index (χ3v) is 7.06. The molecule has 1 N–H and O–H groups in total. The Morgan fingerprint density at radius 3 is 2.78 bits per heavy atom. The molecule has 0 spiro atoms. The van der Waals surface area contributed by atoms with Crippen molar-refractivity contribution in [3.63, 3.8) is 0 Å². The van der Waals surface area contributed by atoms with Gasteiger partial charge in [0.2, 0.25) is 5.91 Å². The Morgan fingerprint density at radius 1 is 1.17 bits per heavy atom. The largest absolute Gasteiger partial charge is 0.479 e. The van der Waals surface area contributed by atoms with E-state index in [0.717, 1.165) is 48.0 Å². The second-order valence-corrected chi connectivity index (χ2v) is 10.2. The molecule has 0 aliphatic carbocycles. The molecule has 0 unspecified atom stereocenters. The van der Waals surface area contributed by atoms with Crippen LogP contribution in [0.3, 0.4) is 0 Å². The normalized spacial score (nSPS) is 14.1. The number of anilines is 1. The molecule has 0 bridgehead atoms. The number of likely N-dealkylation sites (tertiary alicyclic amines) is 1. The Labute approximate surface area is 243 Å². The average Bonchev–Trinajstić information content (AvgIpc) is 3.66. The first-order chi connectivity index (χ1) is 19.9. The highest BCUT2D eigenvalue weighted by Gasteiger charge is 2.18. The summed E-state index contributed by atoms with van der Waals surface area (Å²) in [6.07, 6.45) is 14.8. The predicted molar refractivity (Wildman–Crippen MR) is 159 cm³/mol. The fraction of sp³-hybridized carbons (Fsp3) is 0.219. The summed E-state index contributed by atoms with van der Waals surface area (Å²) in [5.41, 5.74) is 4.05. The highest BCUT2D eigenvalue weighted by atomic mass is 35.5. The van der Waals surface area contributed by atoms with Gasteiger partial charge in [0.15, 0.2) is 5.76 Å². The number of nitrogens with one attached hydrogen (secondary N) is 1. The number of hydrogen-bond acceptors (Lipinski definition) is 5. The molecular formula is C32H29ClFN5O2. The first-order valence-electron chi connectivity index (χ1n) is 13.3. The maximum atomic E-state index is 13.5. The Kier molecular flexibility index (Phi) is 8.66. The molecule has 1 aliphatic heterocycles. The van der Waals surface area contributed by atoms with Crippen LogP contribution in [0, 0.1) is 18.2 Å². The van der Waals surface area contributed by atoms with Gasteiger partial charge in [-0.15, -0.1) is 6.42 Å². The number of rotatable bonds is 9. The number of halogens is 2. The molecule has 1 amide bonds. The zero-order valence-corrected chi connectivity index (χ0v) is 23.4. The highest BCUT2D eigenvalue weighted by molar-refractivity contribution is 6.31. The maximum absolute atomic E-state index is 13.5. The lowest BCUT2D eigenvalue weighted by Crippen LogP contribution is -2.30. The number of allylic oxidation sites excluding steroid dienone is 4. The van der Waals surface area contributed by atoms with Gasteiger partial charge in [-0.3, -0.25) is 4.79 Å². The van der Waals surface area contributed by atoms with E-state index < -0.39 is 0 Å². The van der Waals surface area contributed by atoms with Gasteiger partial charge in [-0.1, -0.05) is 29.8 Å². The monoisotopic (exact) mass is 569 g/mol. The van der Waals surface area contributed by atoms with Crippen LogP contribution in [0.4, 0.5) is 10.2 Å². The number of fused-ring (bicyclic) bond motifs is 1. The quantitative estimate of drug-likeness (QED) is 0.142. The number of carbonyl (C=O) groups is 1. The van der Waals surface area contributed by atoms with E-state index in [1.54, 1.807) is 18.2 Å². The van der Waals surface area contributed by atoms with Crippen LogP contribution in [0.2, 0.25) is 0 Å². The lowest BCUT2D eigenvalue weighted by atomic mass is 10.1. The minimum absolute atomic E-state index is 0.0846. The van der Waals surface area contributed by atoms with E-state index in [4.69, 9.17) is 22.8 Å². The summed E-state index contributed by atoms with van der Waals surface area (Å²) in [5, 5.41) is 4.32. The van der Waals surface area contributed by atoms with Crippen molar-refractivity contribution in [2.45, 2.75) is 32.9 Å². The lowest BCUT2D eigenvalue weighted by molar-refractivity contribution is -0.130. The van der Waals surface area contributed by atoms with Crippen molar-refractivity contribution in [3.8, 4) is 23.5 Å². The van der Waals surface area contributed by atoms with Crippen molar-refractivity contribution in [3.05, 3.63) is 101 Å². The van der Waals surface area contributed by atoms with Crippen molar-refractivity contribution in [1.29, 1.82) is 0 Å². The summed E-state index contributed by atoms with van der Waals surface area (Å²) in [6, 6.07) is 14.0. The molecule has 1 saturated heterocycles. The molecule has 9 heteroatoms. The van der Waals surface area contributed by atoms with E-state index in [2.05, 4.69) is 21.2 Å². The molecule has 2 aromatic heterocycles. The molecule has 7 nitrogen and oxygen atoms in total. The van der Waals surface area contributed by atoms with Gasteiger partial charge in [-0.2, -0.15) is 0 Å². The van der Waals surface area contributed by atoms with Crippen molar-refractivity contribution < 1.29 is 13.9 Å². The van der Waals surface area contributed by atoms with E-state index >= 15 is 0 Å². The second-order valence-electron chi connectivity index (χ2n) is 9.81. The number of hydrogen-bond donors (Lipinski definition) is 1. The summed E-state index contributed by atoms with van der Waals surface area (Å²) in [5.74, 6) is 2.98. The third-order valence-electron chi connectivity index (χ3n) is 6.77. The van der Waals surface area contributed by atoms with Crippen LogP contribution < -0.4 is 5.32 Å². The van der Waals surface area contributed by atoms with E-state index in [0.29, 0.717) is 23.6 Å². The molecule has 0 saturated carbocycles. The van der Waals surface area contributed by atoms with Crippen molar-refractivity contribution in [1.82, 2.24) is 19.4 Å². The highest BCUT2D eigenvalue weighted by Crippen LogP contribution is 2.28. The lowest BCUT2D eigenvalue weighted by Gasteiger charge is -2.15. The number of aromatic nitrogens is 3. The number of ether oxygens (including phenoxy) is 1. The number of carbonyl (C=O) groups excluding carboxylic acids is 1. The number of amides is 1. The van der Waals surface area contributed by atoms with Crippen LogP contribution in [0.1, 0.15) is 25.3 Å². The van der Waals surface area contributed by atoms with Crippen molar-refractivity contribution in [2.24, 2.45) is 0 Å². The predicted octanol–water partition coefficient (Wildman–Crippen LogP) is 6.48. The van der Waals surface area contributed by atoms with Gasteiger partial charge >= 0.3 is 0 Å². The second kappa shape index (κ2) is 12.7. The third kappa shape index (κ3) is 6.94. The summed E-state index contributed by atoms with van der Waals surface area (Å²) in [4.78, 5) is 23.3. The standard InChI is InChI=1S/C32H29ClFN5O2/c1-3-30(41-20-23-7-6-8-26(34)16-23)28(33)15-22(2)37-32-27-17-24(9-10-29(27)35-21-36-32)25-11-14-38(18-25)19-31(40)39-12-4-5-13-39/h1,6-11,14-18,21H,4-5,12-13,19-20H2,2H3,(H,35,36,37)/b22-15+,30-28-. The Bertz CT molecular complexity index is 1680. The first-order valence-corrected chi connectivity index (χ1v) is 13.6. The van der Waals surface area contributed by atoms with E-state index in [9.17, 15) is 9.18 Å². The molecule has 0 atom stereocenters. The van der Waals surface area contributed by atoms with Crippen LogP contribution in [-0.4, -0.2) is 38.4 Å². The molecule has 208 valence electrons. The molecular weight excluding hydrogens is 541 g/mol. The van der Waals surface area contributed by atoms with Gasteiger partial charge in [0.1, 0.15) is 31.1 Å². The number of nitrogens with zero attached hydrogens (tertiary/aromatic N) is 4. The van der Waals surface area contributed by atoms with E-state index in [1.807, 2.05) is 53.0 Å². The molecule has 1 aliphatic rings. The van der Waals surface area contributed by atoms with Crippen LogP contribution in [0.15, 0.2) is 89.8 Å². The molecule has 5 rings (SSSR count). The number of terminal acetylenes is 1. The van der Waals surface area contributed by atoms with Crippen LogP contribution in [0.25, 0.3) is 22.0 Å². The van der Waals surface area contributed by atoms with Gasteiger partial charge in [0, 0.05) is 36.6 Å². The summed E-state index contributed by atoms with van der Waals surface area (Å²) in [7, 11) is 0. The van der Waals surface area contributed by atoms with Crippen LogP contribution >= 0.6 is 11.6 Å². The SMILES string of the molecule is C#C/C(OCc1cccc(F)c1)=C(Cl)\C=C(/C)Nc1ncnc2ccc(-c3ccn(CC(=O)N4CCCC4)c3)cc12. The molecule has 0 radical (unpaired) electrons. The number of benzene rings is 2. The van der Waals surface area contributed by atoms with E-state index in [-0.39, 0.29) is 29.1 Å². The topological polar surface area (TPSA) is 72.3 Å². The van der Waals surface area contributed by atoms with Gasteiger partial charge in [-0.25, -0.2) is 14.4 Å². The zero-order chi connectivity index (χ0) is 28.8. The Hall–Kier alpha value is -4.61. The Balaban J connectivity index is 1.32. The minimum Gasteiger partial charge on any atom is -0.479 e. The zero-order valence-electron chi connectivity index (χ0n) is 22.6.